The van der Waals surface area contributed by atoms with Crippen molar-refractivity contribution in [3.63, 3.8) is 0 Å². The summed E-state index contributed by atoms with van der Waals surface area (Å²) < 4.78 is 0. The van der Waals surface area contributed by atoms with Crippen molar-refractivity contribution in [3.8, 4) is 0 Å². The second-order valence-corrected chi connectivity index (χ2v) is 9.80. The normalized spacial score (nSPS) is 18.9. The standard InChI is InChI=1S/C10H22O5.C7H16O3.C7H16O/c1-5(2)7(12)9(14)10(15)8(13)6(3)4-11;1-5(2)6(3-8)7(10)4-9;1-4-7(5-8)6(2)3/h5-15H,4H2,1-3H3;5-10H,3-4H2,1-2H3;6-8H,4-5H2,1-3H3. The molecule has 0 saturated carbocycles. The lowest BCUT2D eigenvalue weighted by atomic mass is 9.91. The van der Waals surface area contributed by atoms with Gasteiger partial charge in [-0.05, 0) is 23.7 Å². The molecular formula is C24H54O9. The summed E-state index contributed by atoms with van der Waals surface area (Å²) in [5.41, 5.74) is 0. The van der Waals surface area contributed by atoms with Crippen LogP contribution >= 0.6 is 0 Å². The fourth-order valence-electron chi connectivity index (χ4n) is 2.97. The topological polar surface area (TPSA) is 182 Å². The molecule has 0 aliphatic rings. The summed E-state index contributed by atoms with van der Waals surface area (Å²) in [6, 6.07) is 0. The molecule has 0 rings (SSSR count). The fourth-order valence-corrected chi connectivity index (χ4v) is 2.97. The molecule has 0 aromatic carbocycles. The zero-order valence-corrected chi connectivity index (χ0v) is 21.9. The van der Waals surface area contributed by atoms with Gasteiger partial charge in [-0.3, -0.25) is 0 Å². The van der Waals surface area contributed by atoms with Crippen LogP contribution in [0.5, 0.6) is 0 Å². The van der Waals surface area contributed by atoms with Crippen LogP contribution in [0, 0.1) is 35.5 Å². The highest BCUT2D eigenvalue weighted by Crippen LogP contribution is 2.16. The molecule has 0 fully saturated rings. The third-order valence-corrected chi connectivity index (χ3v) is 6.05. The van der Waals surface area contributed by atoms with Crippen LogP contribution in [0.2, 0.25) is 0 Å². The van der Waals surface area contributed by atoms with E-state index in [1.807, 2.05) is 13.8 Å². The van der Waals surface area contributed by atoms with E-state index in [4.69, 9.17) is 25.5 Å². The van der Waals surface area contributed by atoms with E-state index in [0.29, 0.717) is 18.4 Å². The minimum atomic E-state index is -1.45. The number of rotatable bonds is 13. The molecule has 9 nitrogen and oxygen atoms in total. The Morgan fingerprint density at radius 3 is 1.12 bits per heavy atom. The molecular weight excluding hydrogens is 432 g/mol. The van der Waals surface area contributed by atoms with Gasteiger partial charge in [-0.1, -0.05) is 61.8 Å². The maximum absolute atomic E-state index is 9.54. The van der Waals surface area contributed by atoms with Crippen LogP contribution in [0.25, 0.3) is 0 Å². The molecule has 0 aliphatic carbocycles. The van der Waals surface area contributed by atoms with Gasteiger partial charge in [-0.15, -0.1) is 0 Å². The number of hydrogen-bond acceptors (Lipinski definition) is 9. The lowest BCUT2D eigenvalue weighted by Crippen LogP contribution is -2.48. The van der Waals surface area contributed by atoms with Gasteiger partial charge in [0.15, 0.2) is 0 Å². The number of aliphatic hydroxyl groups is 9. The van der Waals surface area contributed by atoms with Crippen molar-refractivity contribution in [1.29, 1.82) is 0 Å². The van der Waals surface area contributed by atoms with Crippen LogP contribution in [-0.2, 0) is 0 Å². The summed E-state index contributed by atoms with van der Waals surface area (Å²) in [6.45, 7) is 14.8. The van der Waals surface area contributed by atoms with Gasteiger partial charge in [0.2, 0.25) is 0 Å². The number of aliphatic hydroxyl groups excluding tert-OH is 9. The predicted octanol–water partition coefficient (Wildman–Crippen LogP) is -0.0206. The van der Waals surface area contributed by atoms with E-state index in [1.54, 1.807) is 20.8 Å². The van der Waals surface area contributed by atoms with Gasteiger partial charge in [0.25, 0.3) is 0 Å². The smallest absolute Gasteiger partial charge is 0.109 e. The van der Waals surface area contributed by atoms with Gasteiger partial charge in [0.1, 0.15) is 12.2 Å². The van der Waals surface area contributed by atoms with E-state index in [9.17, 15) is 20.4 Å². The largest absolute Gasteiger partial charge is 0.396 e. The molecule has 33 heavy (non-hydrogen) atoms. The van der Waals surface area contributed by atoms with E-state index < -0.39 is 36.4 Å². The molecule has 0 heterocycles. The van der Waals surface area contributed by atoms with Crippen molar-refractivity contribution in [2.45, 2.75) is 92.3 Å². The van der Waals surface area contributed by atoms with Crippen molar-refractivity contribution in [1.82, 2.24) is 0 Å². The van der Waals surface area contributed by atoms with Crippen LogP contribution in [0.1, 0.15) is 61.8 Å². The Kier molecular flexibility index (Phi) is 23.6. The van der Waals surface area contributed by atoms with Crippen molar-refractivity contribution >= 4 is 0 Å². The van der Waals surface area contributed by atoms with Crippen LogP contribution in [-0.4, -0.2) is 103 Å². The molecule has 0 aromatic heterocycles. The molecule has 0 spiro atoms. The number of hydrogen-bond donors (Lipinski definition) is 9. The highest BCUT2D eigenvalue weighted by atomic mass is 16.4. The first-order chi connectivity index (χ1) is 15.2. The Hall–Kier alpha value is -0.360. The molecule has 8 atom stereocenters. The second-order valence-electron chi connectivity index (χ2n) is 9.80. The Bertz CT molecular complexity index is 417. The molecule has 9 heteroatoms. The fraction of sp³-hybridized carbons (Fsp3) is 1.00. The van der Waals surface area contributed by atoms with Crippen molar-refractivity contribution in [2.75, 3.05) is 26.4 Å². The van der Waals surface area contributed by atoms with Crippen LogP contribution in [0.3, 0.4) is 0 Å². The molecule has 0 aromatic rings. The molecule has 9 N–H and O–H groups in total. The van der Waals surface area contributed by atoms with Crippen LogP contribution < -0.4 is 0 Å². The summed E-state index contributed by atoms with van der Waals surface area (Å²) in [4.78, 5) is 0. The summed E-state index contributed by atoms with van der Waals surface area (Å²) in [5.74, 6) is 0.373. The van der Waals surface area contributed by atoms with Crippen LogP contribution in [0.15, 0.2) is 0 Å². The van der Waals surface area contributed by atoms with Crippen molar-refractivity contribution < 1.29 is 46.0 Å². The molecule has 0 aliphatic heterocycles. The van der Waals surface area contributed by atoms with E-state index >= 15 is 0 Å². The highest BCUT2D eigenvalue weighted by molar-refractivity contribution is 4.84. The summed E-state index contributed by atoms with van der Waals surface area (Å²) in [5, 5.41) is 81.9. The lowest BCUT2D eigenvalue weighted by Gasteiger charge is -2.30. The van der Waals surface area contributed by atoms with Gasteiger partial charge in [0.05, 0.1) is 24.9 Å². The van der Waals surface area contributed by atoms with E-state index in [-0.39, 0.29) is 37.6 Å². The summed E-state index contributed by atoms with van der Waals surface area (Å²) in [6.07, 6.45) is -4.91. The van der Waals surface area contributed by atoms with Crippen molar-refractivity contribution in [3.05, 3.63) is 0 Å². The third kappa shape index (κ3) is 16.0. The zero-order chi connectivity index (χ0) is 26.9. The van der Waals surface area contributed by atoms with E-state index in [2.05, 4.69) is 20.8 Å². The van der Waals surface area contributed by atoms with Gasteiger partial charge >= 0.3 is 0 Å². The van der Waals surface area contributed by atoms with E-state index in [1.165, 1.54) is 0 Å². The Balaban J connectivity index is -0.000000435. The quantitative estimate of drug-likeness (QED) is 0.173. The summed E-state index contributed by atoms with van der Waals surface area (Å²) in [7, 11) is 0. The SMILES string of the molecule is CC(C)C(CO)C(O)CO.CC(C)C(O)C(O)C(O)C(O)C(C)CO.CCC(CO)C(C)C. The van der Waals surface area contributed by atoms with Gasteiger partial charge in [0, 0.05) is 31.7 Å². The maximum Gasteiger partial charge on any atom is 0.109 e. The first-order valence-corrected chi connectivity index (χ1v) is 12.0. The summed E-state index contributed by atoms with van der Waals surface area (Å²) >= 11 is 0. The van der Waals surface area contributed by atoms with Gasteiger partial charge in [-0.25, -0.2) is 0 Å². The first-order valence-electron chi connectivity index (χ1n) is 12.0. The maximum atomic E-state index is 9.54. The molecule has 0 amide bonds. The van der Waals surface area contributed by atoms with Crippen molar-refractivity contribution in [2.24, 2.45) is 35.5 Å². The average Bonchev–Trinajstić information content (AvgIpc) is 2.77. The predicted molar refractivity (Wildman–Crippen MR) is 129 cm³/mol. The average molecular weight is 487 g/mol. The monoisotopic (exact) mass is 486 g/mol. The molecule has 0 bridgehead atoms. The Morgan fingerprint density at radius 1 is 0.485 bits per heavy atom. The van der Waals surface area contributed by atoms with Gasteiger partial charge < -0.3 is 46.0 Å². The third-order valence-electron chi connectivity index (χ3n) is 6.05. The Labute approximate surface area is 200 Å². The zero-order valence-electron chi connectivity index (χ0n) is 21.9. The van der Waals surface area contributed by atoms with Crippen LogP contribution in [0.4, 0.5) is 0 Å². The lowest BCUT2D eigenvalue weighted by molar-refractivity contribution is -0.129. The second kappa shape index (κ2) is 21.0. The Morgan fingerprint density at radius 2 is 0.939 bits per heavy atom. The molecule has 0 saturated heterocycles. The molecule has 8 unspecified atom stereocenters. The van der Waals surface area contributed by atoms with Gasteiger partial charge in [-0.2, -0.15) is 0 Å². The molecule has 204 valence electrons. The minimum absolute atomic E-state index is 0.0700. The molecule has 0 radical (unpaired) electrons. The van der Waals surface area contributed by atoms with E-state index in [0.717, 1.165) is 6.42 Å². The minimum Gasteiger partial charge on any atom is -0.396 e. The first kappa shape index (κ1) is 37.2. The highest BCUT2D eigenvalue weighted by Gasteiger charge is 2.34.